The van der Waals surface area contributed by atoms with Crippen molar-refractivity contribution in [3.05, 3.63) is 0 Å². The van der Waals surface area contributed by atoms with Crippen molar-refractivity contribution in [2.45, 2.75) is 72.1 Å². The van der Waals surface area contributed by atoms with Crippen molar-refractivity contribution in [3.63, 3.8) is 0 Å². The van der Waals surface area contributed by atoms with Crippen LogP contribution < -0.4 is 0 Å². The molecule has 3 atom stereocenters. The number of nitrogens with zero attached hydrogens (tertiary/aromatic N) is 2. The number of amides is 1. The van der Waals surface area contributed by atoms with E-state index in [0.29, 0.717) is 18.0 Å². The van der Waals surface area contributed by atoms with Gasteiger partial charge < -0.3 is 33.6 Å². The first-order valence-electron chi connectivity index (χ1n) is 10.3. The summed E-state index contributed by atoms with van der Waals surface area (Å²) in [6, 6.07) is 0. The second-order valence-corrected chi connectivity index (χ2v) is 8.63. The molecule has 1 N–H and O–H groups in total. The van der Waals surface area contributed by atoms with E-state index < -0.39 is 17.5 Å². The van der Waals surface area contributed by atoms with Gasteiger partial charge in [-0.1, -0.05) is 11.8 Å². The summed E-state index contributed by atoms with van der Waals surface area (Å²) in [5.74, 6) is -0.554. The van der Waals surface area contributed by atoms with Crippen LogP contribution in [0.25, 0.3) is 0 Å². The molecule has 0 aliphatic carbocycles. The standard InChI is InChI=1S/C12H22N2O4S.C9H20O4/c1-6-14(11(16)18-12(2,3)4)10(13-5)19-9-17-8-7-15;1-7(6-10)13-9(3,12-5)8(2)11-4/h7H,6,8-9H2,1-5H3;7-8,10H,6H2,1-5H3. The van der Waals surface area contributed by atoms with E-state index in [1.54, 1.807) is 35.1 Å². The first-order chi connectivity index (χ1) is 14.8. The Morgan fingerprint density at radius 3 is 2.19 bits per heavy atom. The minimum atomic E-state index is -0.809. The number of aliphatic hydroxyl groups excluding tert-OH is 1. The number of rotatable bonds is 11. The molecule has 0 aromatic heterocycles. The third kappa shape index (κ3) is 14.0. The van der Waals surface area contributed by atoms with E-state index in [2.05, 4.69) is 4.99 Å². The van der Waals surface area contributed by atoms with Gasteiger partial charge in [-0.25, -0.2) is 4.79 Å². The molecule has 0 aliphatic rings. The molecule has 0 heterocycles. The maximum atomic E-state index is 12.0. The Morgan fingerprint density at radius 2 is 1.81 bits per heavy atom. The monoisotopic (exact) mass is 482 g/mol. The molecule has 190 valence electrons. The molecular weight excluding hydrogens is 440 g/mol. The molecule has 10 nitrogen and oxygen atoms in total. The van der Waals surface area contributed by atoms with Gasteiger partial charge in [0, 0.05) is 27.8 Å². The highest BCUT2D eigenvalue weighted by atomic mass is 32.2. The molecule has 3 unspecified atom stereocenters. The molecule has 0 rings (SSSR count). The van der Waals surface area contributed by atoms with E-state index in [4.69, 9.17) is 28.8 Å². The first kappa shape index (κ1) is 32.9. The fourth-order valence-corrected chi connectivity index (χ4v) is 2.85. The second kappa shape index (κ2) is 17.3. The van der Waals surface area contributed by atoms with Crippen LogP contribution in [0.4, 0.5) is 4.79 Å². The summed E-state index contributed by atoms with van der Waals surface area (Å²) in [5.41, 5.74) is -0.554. The SMILES string of the molecule is CCN(C(=O)OC(C)(C)C)C(=NC)SCOCC=O.COC(C)C(C)(OC)OC(C)CO. The Bertz CT molecular complexity index is 556. The van der Waals surface area contributed by atoms with Crippen LogP contribution >= 0.6 is 11.8 Å². The van der Waals surface area contributed by atoms with E-state index in [1.165, 1.54) is 16.7 Å². The minimum Gasteiger partial charge on any atom is -0.443 e. The summed E-state index contributed by atoms with van der Waals surface area (Å²) in [5, 5.41) is 9.33. The fourth-order valence-electron chi connectivity index (χ4n) is 2.07. The molecule has 0 saturated carbocycles. The van der Waals surface area contributed by atoms with Gasteiger partial charge in [-0.3, -0.25) is 9.89 Å². The lowest BCUT2D eigenvalue weighted by Crippen LogP contribution is -2.46. The van der Waals surface area contributed by atoms with Crippen LogP contribution in [0, 0.1) is 0 Å². The molecule has 0 radical (unpaired) electrons. The van der Waals surface area contributed by atoms with Gasteiger partial charge >= 0.3 is 6.09 Å². The van der Waals surface area contributed by atoms with Crippen molar-refractivity contribution >= 4 is 29.3 Å². The highest BCUT2D eigenvalue weighted by molar-refractivity contribution is 8.13. The Labute approximate surface area is 197 Å². The van der Waals surface area contributed by atoms with Gasteiger partial charge in [0.15, 0.2) is 11.0 Å². The predicted molar refractivity (Wildman–Crippen MR) is 126 cm³/mol. The molecule has 0 saturated heterocycles. The average molecular weight is 483 g/mol. The highest BCUT2D eigenvalue weighted by Crippen LogP contribution is 2.20. The van der Waals surface area contributed by atoms with Crippen molar-refractivity contribution in [3.8, 4) is 0 Å². The van der Waals surface area contributed by atoms with E-state index in [1.807, 2.05) is 34.6 Å². The Morgan fingerprint density at radius 1 is 1.22 bits per heavy atom. The topological polar surface area (TPSA) is 116 Å². The molecule has 0 fully saturated rings. The molecule has 32 heavy (non-hydrogen) atoms. The van der Waals surface area contributed by atoms with Gasteiger partial charge in [-0.2, -0.15) is 0 Å². The van der Waals surface area contributed by atoms with Crippen molar-refractivity contribution in [1.82, 2.24) is 4.90 Å². The molecule has 0 aliphatic heterocycles. The van der Waals surface area contributed by atoms with Crippen molar-refractivity contribution in [1.29, 1.82) is 0 Å². The predicted octanol–water partition coefficient (Wildman–Crippen LogP) is 2.92. The number of amidine groups is 1. The lowest BCUT2D eigenvalue weighted by Gasteiger charge is -2.35. The van der Waals surface area contributed by atoms with Crippen molar-refractivity contribution < 1.29 is 38.4 Å². The van der Waals surface area contributed by atoms with Gasteiger partial charge in [-0.05, 0) is 48.5 Å². The van der Waals surface area contributed by atoms with Gasteiger partial charge in [-0.15, -0.1) is 0 Å². The third-order valence-electron chi connectivity index (χ3n) is 4.00. The van der Waals surface area contributed by atoms with E-state index in [0.717, 1.165) is 0 Å². The Hall–Kier alpha value is -1.24. The van der Waals surface area contributed by atoms with Crippen LogP contribution in [-0.4, -0.2) is 98.1 Å². The van der Waals surface area contributed by atoms with Gasteiger partial charge in [0.25, 0.3) is 0 Å². The fraction of sp³-hybridized carbons (Fsp3) is 0.857. The normalized spacial score (nSPS) is 15.7. The first-order valence-corrected chi connectivity index (χ1v) is 11.3. The summed E-state index contributed by atoms with van der Waals surface area (Å²) < 4.78 is 26.1. The summed E-state index contributed by atoms with van der Waals surface area (Å²) in [6.07, 6.45) is -0.220. The smallest absolute Gasteiger partial charge is 0.416 e. The number of aliphatic imine (C=N–C) groups is 1. The van der Waals surface area contributed by atoms with Crippen LogP contribution in [0.15, 0.2) is 4.99 Å². The van der Waals surface area contributed by atoms with Gasteiger partial charge in [0.2, 0.25) is 0 Å². The average Bonchev–Trinajstić information content (AvgIpc) is 2.74. The van der Waals surface area contributed by atoms with Crippen LogP contribution in [0.2, 0.25) is 0 Å². The number of methoxy groups -OCH3 is 2. The number of aliphatic hydroxyl groups is 1. The number of ether oxygens (including phenoxy) is 5. The molecule has 11 heteroatoms. The maximum Gasteiger partial charge on any atom is 0.416 e. The van der Waals surface area contributed by atoms with Crippen LogP contribution in [0.3, 0.4) is 0 Å². The number of hydrogen-bond acceptors (Lipinski definition) is 10. The minimum absolute atomic E-state index is 0.0303. The molecule has 1 amide bonds. The largest absolute Gasteiger partial charge is 0.443 e. The van der Waals surface area contributed by atoms with Crippen LogP contribution in [0.5, 0.6) is 0 Å². The Balaban J connectivity index is 0. The highest BCUT2D eigenvalue weighted by Gasteiger charge is 2.34. The van der Waals surface area contributed by atoms with Gasteiger partial charge in [0.1, 0.15) is 30.5 Å². The number of aldehydes is 1. The Kier molecular flexibility index (Phi) is 17.8. The zero-order valence-electron chi connectivity index (χ0n) is 21.2. The lowest BCUT2D eigenvalue weighted by molar-refractivity contribution is -0.281. The van der Waals surface area contributed by atoms with Gasteiger partial charge in [0.05, 0.1) is 12.7 Å². The van der Waals surface area contributed by atoms with E-state index in [9.17, 15) is 9.59 Å². The second-order valence-electron chi connectivity index (χ2n) is 7.74. The van der Waals surface area contributed by atoms with Crippen LogP contribution in [0.1, 0.15) is 48.5 Å². The summed E-state index contributed by atoms with van der Waals surface area (Å²) in [4.78, 5) is 27.6. The van der Waals surface area contributed by atoms with Crippen molar-refractivity contribution in [2.75, 3.05) is 47.0 Å². The zero-order chi connectivity index (χ0) is 25.4. The zero-order valence-corrected chi connectivity index (χ0v) is 22.0. The molecule has 0 aromatic rings. The van der Waals surface area contributed by atoms with Crippen molar-refractivity contribution in [2.24, 2.45) is 4.99 Å². The van der Waals surface area contributed by atoms with E-state index >= 15 is 0 Å². The number of carbonyl (C=O) groups excluding carboxylic acids is 2. The molecule has 0 aromatic carbocycles. The molecule has 0 spiro atoms. The number of thioether (sulfide) groups is 1. The van der Waals surface area contributed by atoms with E-state index in [-0.39, 0.29) is 31.4 Å². The molecular formula is C21H42N2O8S. The maximum absolute atomic E-state index is 12.0. The summed E-state index contributed by atoms with van der Waals surface area (Å²) in [6.45, 7) is 13.1. The lowest BCUT2D eigenvalue weighted by atomic mass is 10.2. The van der Waals surface area contributed by atoms with Crippen LogP contribution in [-0.2, 0) is 28.5 Å². The quantitative estimate of drug-likeness (QED) is 0.156. The third-order valence-corrected chi connectivity index (χ3v) is 4.94. The molecule has 0 bridgehead atoms. The summed E-state index contributed by atoms with van der Waals surface area (Å²) in [7, 11) is 4.74. The summed E-state index contributed by atoms with van der Waals surface area (Å²) >= 11 is 1.24. The number of hydrogen-bond donors (Lipinski definition) is 1. The number of carbonyl (C=O) groups is 2.